The molecular weight excluding hydrogens is 192 g/mol. The van der Waals surface area contributed by atoms with Gasteiger partial charge in [0.15, 0.2) is 3.95 Å². The molecule has 3 nitrogen and oxygen atoms in total. The van der Waals surface area contributed by atoms with Gasteiger partial charge in [-0.25, -0.2) is 0 Å². The first-order valence-corrected chi connectivity index (χ1v) is 4.93. The summed E-state index contributed by atoms with van der Waals surface area (Å²) in [5, 5.41) is 9.26. The first-order chi connectivity index (χ1) is 5.75. The summed E-state index contributed by atoms with van der Waals surface area (Å²) in [7, 11) is 0. The summed E-state index contributed by atoms with van der Waals surface area (Å²) in [6.45, 7) is 0. The summed E-state index contributed by atoms with van der Waals surface area (Å²) >= 11 is 6.20. The molecule has 1 heterocycles. The van der Waals surface area contributed by atoms with E-state index in [1.165, 1.54) is 24.2 Å². The van der Waals surface area contributed by atoms with Crippen molar-refractivity contribution in [1.29, 1.82) is 0 Å². The van der Waals surface area contributed by atoms with Crippen molar-refractivity contribution < 1.29 is 5.11 Å². The highest BCUT2D eigenvalue weighted by Gasteiger charge is 2.19. The van der Waals surface area contributed by atoms with Crippen molar-refractivity contribution in [3.8, 4) is 5.88 Å². The van der Waals surface area contributed by atoms with Crippen LogP contribution in [0, 0.1) is 3.95 Å². The van der Waals surface area contributed by atoms with Crippen molar-refractivity contribution in [2.45, 2.75) is 18.9 Å². The van der Waals surface area contributed by atoms with Crippen LogP contribution in [0.5, 0.6) is 5.88 Å². The van der Waals surface area contributed by atoms with E-state index < -0.39 is 0 Å². The number of aliphatic imine (C=N–C) groups is 1. The highest BCUT2D eigenvalue weighted by molar-refractivity contribution is 7.73. The minimum atomic E-state index is 0.134. The highest BCUT2D eigenvalue weighted by atomic mass is 32.1. The van der Waals surface area contributed by atoms with Gasteiger partial charge in [-0.1, -0.05) is 11.3 Å². The van der Waals surface area contributed by atoms with E-state index in [0.29, 0.717) is 10.00 Å². The molecule has 1 aliphatic carbocycles. The Morgan fingerprint density at radius 3 is 2.92 bits per heavy atom. The number of nitrogens with one attached hydrogen (secondary N) is 1. The number of aromatic nitrogens is 1. The van der Waals surface area contributed by atoms with Crippen LogP contribution >= 0.6 is 23.6 Å². The van der Waals surface area contributed by atoms with Crippen molar-refractivity contribution in [2.75, 3.05) is 0 Å². The van der Waals surface area contributed by atoms with E-state index in [1.807, 2.05) is 0 Å². The molecule has 0 aromatic carbocycles. The molecule has 0 bridgehead atoms. The van der Waals surface area contributed by atoms with Gasteiger partial charge in [0.2, 0.25) is 5.88 Å². The first kappa shape index (κ1) is 7.94. The average molecular weight is 200 g/mol. The molecule has 0 radical (unpaired) electrons. The Bertz CT molecular complexity index is 362. The fraction of sp³-hybridized carbons (Fsp3) is 0.429. The van der Waals surface area contributed by atoms with Gasteiger partial charge < -0.3 is 10.1 Å². The van der Waals surface area contributed by atoms with Crippen LogP contribution in [-0.4, -0.2) is 22.3 Å². The van der Waals surface area contributed by atoms with E-state index in [9.17, 15) is 5.11 Å². The largest absolute Gasteiger partial charge is 0.494 e. The van der Waals surface area contributed by atoms with Crippen LogP contribution in [0.4, 0.5) is 0 Å². The van der Waals surface area contributed by atoms with Crippen molar-refractivity contribution in [3.63, 3.8) is 0 Å². The Kier molecular flexibility index (Phi) is 1.98. The predicted octanol–water partition coefficient (Wildman–Crippen LogP) is 2.09. The molecule has 0 spiro atoms. The van der Waals surface area contributed by atoms with Gasteiger partial charge in [-0.2, -0.15) is 0 Å². The molecule has 12 heavy (non-hydrogen) atoms. The molecule has 1 aromatic rings. The third kappa shape index (κ3) is 1.73. The standard InChI is InChI=1S/C7H8N2OS2/c10-6-5(12-7(11)9-6)3-8-4-1-2-4/h3-4,10H,1-2H2,(H,9,11). The molecule has 5 heteroatoms. The average Bonchev–Trinajstić information content (AvgIpc) is 2.76. The molecule has 1 fully saturated rings. The molecule has 0 atom stereocenters. The van der Waals surface area contributed by atoms with E-state index in [2.05, 4.69) is 9.98 Å². The van der Waals surface area contributed by atoms with E-state index in [0.717, 1.165) is 4.88 Å². The van der Waals surface area contributed by atoms with Crippen LogP contribution in [0.2, 0.25) is 0 Å². The Hall–Kier alpha value is -0.680. The molecule has 0 unspecified atom stereocenters. The zero-order valence-electron chi connectivity index (χ0n) is 6.28. The van der Waals surface area contributed by atoms with Crippen molar-refractivity contribution in [1.82, 2.24) is 4.98 Å². The lowest BCUT2D eigenvalue weighted by Crippen LogP contribution is -1.78. The molecule has 0 saturated heterocycles. The minimum Gasteiger partial charge on any atom is -0.494 e. The topological polar surface area (TPSA) is 48.4 Å². The molecular formula is C7H8N2OS2. The monoisotopic (exact) mass is 200 g/mol. The summed E-state index contributed by atoms with van der Waals surface area (Å²) in [4.78, 5) is 7.62. The SMILES string of the molecule is Oc1[nH]c(=S)sc1C=NC1CC1. The number of hydrogen-bond donors (Lipinski definition) is 2. The Morgan fingerprint density at radius 1 is 1.67 bits per heavy atom. The zero-order valence-corrected chi connectivity index (χ0v) is 7.91. The molecule has 0 amide bonds. The Labute approximate surface area is 78.8 Å². The Morgan fingerprint density at radius 2 is 2.42 bits per heavy atom. The van der Waals surface area contributed by atoms with Crippen LogP contribution in [0.3, 0.4) is 0 Å². The van der Waals surface area contributed by atoms with Crippen LogP contribution < -0.4 is 0 Å². The van der Waals surface area contributed by atoms with E-state index in [4.69, 9.17) is 12.2 Å². The van der Waals surface area contributed by atoms with Gasteiger partial charge >= 0.3 is 0 Å². The molecule has 2 N–H and O–H groups in total. The number of rotatable bonds is 2. The highest BCUT2D eigenvalue weighted by Crippen LogP contribution is 2.25. The maximum atomic E-state index is 9.26. The summed E-state index contributed by atoms with van der Waals surface area (Å²) in [6.07, 6.45) is 4.05. The summed E-state index contributed by atoms with van der Waals surface area (Å²) in [5.41, 5.74) is 0. The quantitative estimate of drug-likeness (QED) is 0.567. The Balaban J connectivity index is 2.20. The number of aromatic amines is 1. The number of nitrogens with zero attached hydrogens (tertiary/aromatic N) is 1. The van der Waals surface area contributed by atoms with E-state index >= 15 is 0 Å². The van der Waals surface area contributed by atoms with Gasteiger partial charge in [0.25, 0.3) is 0 Å². The second-order valence-corrected chi connectivity index (χ2v) is 4.46. The van der Waals surface area contributed by atoms with Crippen LogP contribution in [0.25, 0.3) is 0 Å². The fourth-order valence-electron chi connectivity index (χ4n) is 0.816. The smallest absolute Gasteiger partial charge is 0.209 e. The van der Waals surface area contributed by atoms with Crippen molar-refractivity contribution >= 4 is 29.8 Å². The summed E-state index contributed by atoms with van der Waals surface area (Å²) in [6, 6.07) is 0.486. The first-order valence-electron chi connectivity index (χ1n) is 3.71. The maximum Gasteiger partial charge on any atom is 0.209 e. The van der Waals surface area contributed by atoms with Gasteiger partial charge in [0, 0.05) is 6.21 Å². The van der Waals surface area contributed by atoms with Gasteiger partial charge in [-0.15, -0.1) is 0 Å². The molecule has 1 aromatic heterocycles. The van der Waals surface area contributed by atoms with Crippen LogP contribution in [0.15, 0.2) is 4.99 Å². The third-order valence-electron chi connectivity index (χ3n) is 1.61. The van der Waals surface area contributed by atoms with Crippen molar-refractivity contribution in [2.24, 2.45) is 4.99 Å². The summed E-state index contributed by atoms with van der Waals surface area (Å²) in [5.74, 6) is 0.134. The molecule has 0 aliphatic heterocycles. The fourth-order valence-corrected chi connectivity index (χ4v) is 1.79. The van der Waals surface area contributed by atoms with Gasteiger partial charge in [-0.3, -0.25) is 4.99 Å². The lowest BCUT2D eigenvalue weighted by Gasteiger charge is -1.85. The van der Waals surface area contributed by atoms with Gasteiger partial charge in [-0.05, 0) is 25.1 Å². The van der Waals surface area contributed by atoms with Crippen molar-refractivity contribution in [3.05, 3.63) is 8.83 Å². The van der Waals surface area contributed by atoms with Gasteiger partial charge in [0.05, 0.1) is 6.04 Å². The van der Waals surface area contributed by atoms with Crippen LogP contribution in [0.1, 0.15) is 17.7 Å². The molecule has 64 valence electrons. The normalized spacial score (nSPS) is 17.3. The lowest BCUT2D eigenvalue weighted by molar-refractivity contribution is 0.456. The van der Waals surface area contributed by atoms with Gasteiger partial charge in [0.1, 0.15) is 4.88 Å². The summed E-state index contributed by atoms with van der Waals surface area (Å²) < 4.78 is 0.588. The number of aromatic hydroxyl groups is 1. The third-order valence-corrected chi connectivity index (χ3v) is 2.76. The molecule has 1 saturated carbocycles. The number of thiazole rings is 1. The van der Waals surface area contributed by atoms with E-state index in [-0.39, 0.29) is 5.88 Å². The molecule has 2 rings (SSSR count). The minimum absolute atomic E-state index is 0.134. The zero-order chi connectivity index (χ0) is 8.55. The number of H-pyrrole nitrogens is 1. The van der Waals surface area contributed by atoms with Crippen LogP contribution in [-0.2, 0) is 0 Å². The number of hydrogen-bond acceptors (Lipinski definition) is 4. The lowest BCUT2D eigenvalue weighted by atomic mass is 10.5. The second kappa shape index (κ2) is 2.99. The second-order valence-electron chi connectivity index (χ2n) is 2.74. The predicted molar refractivity (Wildman–Crippen MR) is 51.8 cm³/mol. The molecule has 1 aliphatic rings. The maximum absolute atomic E-state index is 9.26. The van der Waals surface area contributed by atoms with E-state index in [1.54, 1.807) is 6.21 Å².